The third-order valence-electron chi connectivity index (χ3n) is 3.95. The standard InChI is InChI=1S/C21H19N3O8/c1-11(25)17(18(26)22-15-6-4-5-12(8-15)19(27)28)24-23-16-9-13(20(29)31-2)7-14(10-16)21(30)32-3/h4-10,25H,1-3H3,(H,22,26)(H,27,28)/b17-11+,24-23?. The summed E-state index contributed by atoms with van der Waals surface area (Å²) in [6.07, 6.45) is 0. The van der Waals surface area contributed by atoms with Gasteiger partial charge in [-0.05, 0) is 43.3 Å². The molecule has 2 rings (SSSR count). The molecule has 0 bridgehead atoms. The van der Waals surface area contributed by atoms with Crippen molar-refractivity contribution in [1.29, 1.82) is 0 Å². The molecular weight excluding hydrogens is 422 g/mol. The largest absolute Gasteiger partial charge is 0.510 e. The number of carboxylic acids is 1. The van der Waals surface area contributed by atoms with Crippen LogP contribution in [-0.4, -0.2) is 48.2 Å². The summed E-state index contributed by atoms with van der Waals surface area (Å²) in [6, 6.07) is 9.23. The van der Waals surface area contributed by atoms with Crippen LogP contribution in [0.4, 0.5) is 11.4 Å². The van der Waals surface area contributed by atoms with Gasteiger partial charge < -0.3 is 25.0 Å². The first-order valence-electron chi connectivity index (χ1n) is 8.94. The fourth-order valence-electron chi connectivity index (χ4n) is 2.45. The number of aromatic carboxylic acids is 1. The van der Waals surface area contributed by atoms with Gasteiger partial charge in [0.25, 0.3) is 5.91 Å². The van der Waals surface area contributed by atoms with E-state index >= 15 is 0 Å². The molecule has 2 aromatic rings. The van der Waals surface area contributed by atoms with Gasteiger partial charge in [-0.25, -0.2) is 14.4 Å². The smallest absolute Gasteiger partial charge is 0.337 e. The molecule has 0 aromatic heterocycles. The fraction of sp³-hybridized carbons (Fsp3) is 0.143. The van der Waals surface area contributed by atoms with Crippen LogP contribution in [0.1, 0.15) is 38.0 Å². The van der Waals surface area contributed by atoms with Gasteiger partial charge in [0, 0.05) is 5.69 Å². The number of rotatable bonds is 7. The number of hydrogen-bond donors (Lipinski definition) is 3. The molecule has 0 radical (unpaired) electrons. The molecule has 11 heteroatoms. The van der Waals surface area contributed by atoms with Crippen molar-refractivity contribution < 1.29 is 38.9 Å². The second-order valence-corrected chi connectivity index (χ2v) is 6.23. The number of aliphatic hydroxyl groups excluding tert-OH is 1. The van der Waals surface area contributed by atoms with Gasteiger partial charge in [0.05, 0.1) is 36.6 Å². The average molecular weight is 441 g/mol. The Bertz CT molecular complexity index is 1100. The second-order valence-electron chi connectivity index (χ2n) is 6.23. The van der Waals surface area contributed by atoms with Crippen molar-refractivity contribution in [1.82, 2.24) is 0 Å². The molecule has 0 aliphatic carbocycles. The Labute approximate surface area is 182 Å². The predicted molar refractivity (Wildman–Crippen MR) is 111 cm³/mol. The minimum Gasteiger partial charge on any atom is -0.510 e. The highest BCUT2D eigenvalue weighted by Crippen LogP contribution is 2.22. The first-order valence-corrected chi connectivity index (χ1v) is 8.94. The molecule has 0 fully saturated rings. The van der Waals surface area contributed by atoms with Gasteiger partial charge in [-0.3, -0.25) is 4.79 Å². The Hall–Kier alpha value is -4.54. The summed E-state index contributed by atoms with van der Waals surface area (Å²) in [7, 11) is 2.32. The first kappa shape index (κ1) is 23.7. The van der Waals surface area contributed by atoms with Crippen molar-refractivity contribution in [3.05, 3.63) is 70.6 Å². The maximum atomic E-state index is 12.5. The number of amides is 1. The number of carboxylic acid groups (broad SMARTS) is 1. The predicted octanol–water partition coefficient (Wildman–Crippen LogP) is 3.47. The molecule has 2 aromatic carbocycles. The number of azo groups is 1. The van der Waals surface area contributed by atoms with Crippen LogP contribution >= 0.6 is 0 Å². The molecule has 0 aliphatic heterocycles. The number of nitrogens with one attached hydrogen (secondary N) is 1. The summed E-state index contributed by atoms with van der Waals surface area (Å²) in [5, 5.41) is 28.9. The van der Waals surface area contributed by atoms with Crippen LogP contribution in [0, 0.1) is 0 Å². The number of esters is 2. The second kappa shape index (κ2) is 10.5. The van der Waals surface area contributed by atoms with Crippen LogP contribution in [0.15, 0.2) is 64.1 Å². The zero-order valence-electron chi connectivity index (χ0n) is 17.3. The number of nitrogens with zero attached hydrogens (tertiary/aromatic N) is 2. The van der Waals surface area contributed by atoms with Gasteiger partial charge in [-0.15, -0.1) is 5.11 Å². The zero-order valence-corrected chi connectivity index (χ0v) is 17.3. The van der Waals surface area contributed by atoms with E-state index in [2.05, 4.69) is 25.0 Å². The summed E-state index contributed by atoms with van der Waals surface area (Å²) in [6.45, 7) is 1.20. The molecule has 0 spiro atoms. The molecule has 1 amide bonds. The van der Waals surface area contributed by atoms with Crippen molar-refractivity contribution in [2.24, 2.45) is 10.2 Å². The van der Waals surface area contributed by atoms with Gasteiger partial charge in [-0.2, -0.15) is 5.11 Å². The maximum absolute atomic E-state index is 12.5. The Kier molecular flexibility index (Phi) is 7.77. The highest BCUT2D eigenvalue weighted by molar-refractivity contribution is 6.04. The minimum atomic E-state index is -1.18. The Morgan fingerprint density at radius 2 is 1.47 bits per heavy atom. The first-order chi connectivity index (χ1) is 15.2. The van der Waals surface area contributed by atoms with Gasteiger partial charge in [0.2, 0.25) is 0 Å². The molecular formula is C21H19N3O8. The molecule has 166 valence electrons. The Morgan fingerprint density at radius 3 is 1.97 bits per heavy atom. The normalized spacial score (nSPS) is 11.5. The molecule has 3 N–H and O–H groups in total. The van der Waals surface area contributed by atoms with Crippen LogP contribution in [0.2, 0.25) is 0 Å². The van der Waals surface area contributed by atoms with E-state index in [-0.39, 0.29) is 28.1 Å². The van der Waals surface area contributed by atoms with Crippen molar-refractivity contribution in [2.45, 2.75) is 6.92 Å². The summed E-state index contributed by atoms with van der Waals surface area (Å²) in [5.74, 6) is -4.00. The van der Waals surface area contributed by atoms with E-state index in [0.29, 0.717) is 0 Å². The molecule has 0 atom stereocenters. The van der Waals surface area contributed by atoms with Crippen molar-refractivity contribution >= 4 is 35.2 Å². The average Bonchev–Trinajstić information content (AvgIpc) is 2.77. The van der Waals surface area contributed by atoms with E-state index in [1.165, 1.54) is 49.4 Å². The molecule has 0 saturated carbocycles. The summed E-state index contributed by atoms with van der Waals surface area (Å²) in [4.78, 5) is 47.3. The number of ether oxygens (including phenoxy) is 2. The zero-order chi connectivity index (χ0) is 23.8. The van der Waals surface area contributed by atoms with Crippen LogP contribution in [0.5, 0.6) is 0 Å². The Balaban J connectivity index is 2.36. The summed E-state index contributed by atoms with van der Waals surface area (Å²) < 4.78 is 9.27. The van der Waals surface area contributed by atoms with E-state index < -0.39 is 35.3 Å². The van der Waals surface area contributed by atoms with Crippen molar-refractivity contribution in [3.63, 3.8) is 0 Å². The van der Waals surface area contributed by atoms with E-state index in [9.17, 15) is 24.3 Å². The lowest BCUT2D eigenvalue weighted by atomic mass is 10.1. The van der Waals surface area contributed by atoms with Gasteiger partial charge in [-0.1, -0.05) is 6.07 Å². The molecule has 0 unspecified atom stereocenters. The lowest BCUT2D eigenvalue weighted by Crippen LogP contribution is -2.15. The molecule has 32 heavy (non-hydrogen) atoms. The number of aliphatic hydroxyl groups is 1. The number of allylic oxidation sites excluding steroid dienone is 1. The number of carbonyl (C=O) groups excluding carboxylic acids is 3. The minimum absolute atomic E-state index is 0.00715. The van der Waals surface area contributed by atoms with Gasteiger partial charge in [0.1, 0.15) is 5.76 Å². The monoisotopic (exact) mass is 441 g/mol. The van der Waals surface area contributed by atoms with E-state index in [4.69, 9.17) is 5.11 Å². The molecule has 0 aliphatic rings. The third-order valence-corrected chi connectivity index (χ3v) is 3.95. The van der Waals surface area contributed by atoms with Crippen LogP contribution in [0.3, 0.4) is 0 Å². The number of methoxy groups -OCH3 is 2. The number of hydrogen-bond acceptors (Lipinski definition) is 9. The summed E-state index contributed by atoms with van der Waals surface area (Å²) in [5.41, 5.74) is -0.382. The molecule has 0 saturated heterocycles. The lowest BCUT2D eigenvalue weighted by molar-refractivity contribution is -0.113. The highest BCUT2D eigenvalue weighted by Gasteiger charge is 2.16. The third kappa shape index (κ3) is 5.98. The van der Waals surface area contributed by atoms with Crippen LogP contribution in [0.25, 0.3) is 0 Å². The van der Waals surface area contributed by atoms with Crippen LogP contribution in [-0.2, 0) is 14.3 Å². The molecule has 11 nitrogen and oxygen atoms in total. The Morgan fingerprint density at radius 1 is 0.875 bits per heavy atom. The topological polar surface area (TPSA) is 164 Å². The van der Waals surface area contributed by atoms with E-state index in [1.807, 2.05) is 0 Å². The molecule has 0 heterocycles. The van der Waals surface area contributed by atoms with E-state index in [0.717, 1.165) is 14.2 Å². The fourth-order valence-corrected chi connectivity index (χ4v) is 2.45. The number of carbonyl (C=O) groups is 4. The lowest BCUT2D eigenvalue weighted by Gasteiger charge is -2.07. The maximum Gasteiger partial charge on any atom is 0.337 e. The highest BCUT2D eigenvalue weighted by atomic mass is 16.5. The van der Waals surface area contributed by atoms with Gasteiger partial charge >= 0.3 is 17.9 Å². The number of benzene rings is 2. The summed E-state index contributed by atoms with van der Waals surface area (Å²) >= 11 is 0. The van der Waals surface area contributed by atoms with E-state index in [1.54, 1.807) is 0 Å². The van der Waals surface area contributed by atoms with Gasteiger partial charge in [0.15, 0.2) is 5.70 Å². The SMILES string of the molecule is COC(=O)c1cc(N=N/C(C(=O)Nc2cccc(C(=O)O)c2)=C(\C)O)cc(C(=O)OC)c1. The van der Waals surface area contributed by atoms with Crippen molar-refractivity contribution in [3.8, 4) is 0 Å². The van der Waals surface area contributed by atoms with Crippen molar-refractivity contribution in [2.75, 3.05) is 19.5 Å². The quantitative estimate of drug-likeness (QED) is 0.254. The number of anilines is 1. The van der Waals surface area contributed by atoms with Crippen LogP contribution < -0.4 is 5.32 Å².